The molecule has 134 valence electrons. The van der Waals surface area contributed by atoms with Gasteiger partial charge in [0, 0.05) is 19.6 Å². The zero-order chi connectivity index (χ0) is 17.5. The van der Waals surface area contributed by atoms with Gasteiger partial charge >= 0.3 is 0 Å². The molecular weight excluding hydrogens is 312 g/mol. The van der Waals surface area contributed by atoms with E-state index in [-0.39, 0.29) is 0 Å². The topological polar surface area (TPSA) is 58.0 Å². The highest BCUT2D eigenvalue weighted by molar-refractivity contribution is 5.78. The first-order valence-corrected chi connectivity index (χ1v) is 9.05. The third-order valence-corrected chi connectivity index (χ3v) is 4.66. The van der Waals surface area contributed by atoms with Crippen molar-refractivity contribution in [1.82, 2.24) is 9.80 Å². The summed E-state index contributed by atoms with van der Waals surface area (Å²) in [5.41, 5.74) is 8.71. The molecule has 0 radical (unpaired) electrons. The van der Waals surface area contributed by atoms with E-state index in [4.69, 9.17) is 10.2 Å². The maximum absolute atomic E-state index is 6.19. The van der Waals surface area contributed by atoms with Gasteiger partial charge in [-0.15, -0.1) is 0 Å². The van der Waals surface area contributed by atoms with Crippen molar-refractivity contribution >= 4 is 5.96 Å². The van der Waals surface area contributed by atoms with Gasteiger partial charge in [-0.3, -0.25) is 4.90 Å². The lowest BCUT2D eigenvalue weighted by Crippen LogP contribution is -2.40. The highest BCUT2D eigenvalue weighted by Gasteiger charge is 2.12. The Hall–Kier alpha value is -2.27. The van der Waals surface area contributed by atoms with Gasteiger partial charge in [-0.2, -0.15) is 0 Å². The lowest BCUT2D eigenvalue weighted by atomic mass is 10.1. The number of likely N-dealkylation sites (tertiary alicyclic amines) is 1. The van der Waals surface area contributed by atoms with E-state index in [2.05, 4.69) is 46.1 Å². The fourth-order valence-corrected chi connectivity index (χ4v) is 3.27. The predicted octanol–water partition coefficient (Wildman–Crippen LogP) is 3.21. The predicted molar refractivity (Wildman–Crippen MR) is 101 cm³/mol. The first-order chi connectivity index (χ1) is 12.2. The third-order valence-electron chi connectivity index (χ3n) is 4.66. The van der Waals surface area contributed by atoms with Crippen LogP contribution in [0.1, 0.15) is 36.1 Å². The van der Waals surface area contributed by atoms with Crippen LogP contribution in [0.2, 0.25) is 0 Å². The molecule has 2 aromatic rings. The molecular formula is C20H28N4O. The molecule has 1 aliphatic heterocycles. The summed E-state index contributed by atoms with van der Waals surface area (Å²) < 4.78 is 5.43. The molecule has 2 heterocycles. The molecule has 2 N–H and O–H groups in total. The Morgan fingerprint density at radius 1 is 1.08 bits per heavy atom. The number of rotatable bonds is 6. The minimum absolute atomic E-state index is 0.632. The molecule has 1 aliphatic rings. The van der Waals surface area contributed by atoms with Crippen molar-refractivity contribution in [3.8, 4) is 0 Å². The number of aliphatic imine (C=N–C) groups is 1. The molecule has 0 aliphatic carbocycles. The van der Waals surface area contributed by atoms with Crippen molar-refractivity contribution in [2.75, 3.05) is 20.1 Å². The number of piperidine rings is 1. The number of furan rings is 1. The van der Waals surface area contributed by atoms with Crippen LogP contribution in [0.15, 0.2) is 52.1 Å². The third kappa shape index (κ3) is 5.10. The standard InChI is InChI=1S/C20H28N4O/c1-23(16-19-10-7-13-25-19)15-18-9-4-3-8-17(18)14-22-20(21)24-11-5-2-6-12-24/h3-4,7-10,13H,2,5-6,11-12,14-16H2,1H3,(H2,21,22). The van der Waals surface area contributed by atoms with Crippen LogP contribution in [0.3, 0.4) is 0 Å². The van der Waals surface area contributed by atoms with Gasteiger partial charge in [-0.05, 0) is 49.6 Å². The maximum atomic E-state index is 6.19. The van der Waals surface area contributed by atoms with Crippen molar-refractivity contribution in [1.29, 1.82) is 0 Å². The van der Waals surface area contributed by atoms with Crippen molar-refractivity contribution < 1.29 is 4.42 Å². The van der Waals surface area contributed by atoms with Crippen LogP contribution >= 0.6 is 0 Å². The molecule has 0 spiro atoms. The number of hydrogen-bond donors (Lipinski definition) is 1. The van der Waals surface area contributed by atoms with E-state index in [0.29, 0.717) is 12.5 Å². The Kier molecular flexibility index (Phi) is 6.12. The van der Waals surface area contributed by atoms with Crippen molar-refractivity contribution in [3.05, 3.63) is 59.5 Å². The number of nitrogens with two attached hydrogens (primary N) is 1. The fourth-order valence-electron chi connectivity index (χ4n) is 3.27. The lowest BCUT2D eigenvalue weighted by molar-refractivity contribution is 0.287. The van der Waals surface area contributed by atoms with E-state index in [1.807, 2.05) is 12.1 Å². The van der Waals surface area contributed by atoms with E-state index < -0.39 is 0 Å². The number of guanidine groups is 1. The lowest BCUT2D eigenvalue weighted by Gasteiger charge is -2.27. The van der Waals surface area contributed by atoms with Gasteiger partial charge in [-0.1, -0.05) is 24.3 Å². The Labute approximate surface area is 150 Å². The van der Waals surface area contributed by atoms with E-state index in [1.54, 1.807) is 6.26 Å². The molecule has 0 atom stereocenters. The highest BCUT2D eigenvalue weighted by atomic mass is 16.3. The highest BCUT2D eigenvalue weighted by Crippen LogP contribution is 2.15. The van der Waals surface area contributed by atoms with Crippen LogP contribution in [0.5, 0.6) is 0 Å². The average Bonchev–Trinajstić information content (AvgIpc) is 3.14. The molecule has 1 fully saturated rings. The summed E-state index contributed by atoms with van der Waals surface area (Å²) in [6.45, 7) is 4.34. The van der Waals surface area contributed by atoms with Crippen molar-refractivity contribution in [2.45, 2.75) is 38.9 Å². The quantitative estimate of drug-likeness (QED) is 0.648. The average molecular weight is 340 g/mol. The first-order valence-electron chi connectivity index (χ1n) is 9.05. The minimum atomic E-state index is 0.632. The summed E-state index contributed by atoms with van der Waals surface area (Å²) >= 11 is 0. The normalized spacial score (nSPS) is 15.8. The molecule has 0 unspecified atom stereocenters. The van der Waals surface area contributed by atoms with Crippen LogP contribution in [-0.4, -0.2) is 35.9 Å². The van der Waals surface area contributed by atoms with E-state index in [9.17, 15) is 0 Å². The molecule has 5 nitrogen and oxygen atoms in total. The van der Waals surface area contributed by atoms with Gasteiger partial charge in [0.25, 0.3) is 0 Å². The summed E-state index contributed by atoms with van der Waals surface area (Å²) in [4.78, 5) is 9.09. The molecule has 3 rings (SSSR count). The first kappa shape index (κ1) is 17.5. The smallest absolute Gasteiger partial charge is 0.191 e. The maximum Gasteiger partial charge on any atom is 0.191 e. The molecule has 1 aromatic carbocycles. The summed E-state index contributed by atoms with van der Waals surface area (Å²) in [5.74, 6) is 1.66. The Morgan fingerprint density at radius 3 is 2.56 bits per heavy atom. The van der Waals surface area contributed by atoms with E-state index in [1.165, 1.54) is 30.4 Å². The SMILES string of the molecule is CN(Cc1ccco1)Cc1ccccc1CN=C(N)N1CCCCC1. The van der Waals surface area contributed by atoms with E-state index in [0.717, 1.165) is 31.9 Å². The van der Waals surface area contributed by atoms with Crippen molar-refractivity contribution in [2.24, 2.45) is 10.7 Å². The van der Waals surface area contributed by atoms with Crippen LogP contribution in [-0.2, 0) is 19.6 Å². The van der Waals surface area contributed by atoms with Gasteiger partial charge in [0.15, 0.2) is 5.96 Å². The molecule has 1 aromatic heterocycles. The van der Waals surface area contributed by atoms with Crippen LogP contribution in [0.25, 0.3) is 0 Å². The van der Waals surface area contributed by atoms with Gasteiger partial charge in [0.1, 0.15) is 5.76 Å². The van der Waals surface area contributed by atoms with Crippen molar-refractivity contribution in [3.63, 3.8) is 0 Å². The Morgan fingerprint density at radius 2 is 1.84 bits per heavy atom. The van der Waals surface area contributed by atoms with Gasteiger partial charge in [0.05, 0.1) is 19.4 Å². The van der Waals surface area contributed by atoms with Gasteiger partial charge in [-0.25, -0.2) is 4.99 Å². The Balaban J connectivity index is 1.62. The largest absolute Gasteiger partial charge is 0.468 e. The van der Waals surface area contributed by atoms with Crippen LogP contribution < -0.4 is 5.73 Å². The summed E-state index contributed by atoms with van der Waals surface area (Å²) in [7, 11) is 2.10. The number of hydrogen-bond acceptors (Lipinski definition) is 3. The van der Waals surface area contributed by atoms with Gasteiger partial charge in [0.2, 0.25) is 0 Å². The molecule has 1 saturated heterocycles. The molecule has 0 saturated carbocycles. The summed E-state index contributed by atoms with van der Waals surface area (Å²) in [6, 6.07) is 12.4. The molecule has 0 bridgehead atoms. The summed E-state index contributed by atoms with van der Waals surface area (Å²) in [6.07, 6.45) is 5.44. The molecule has 5 heteroatoms. The zero-order valence-corrected chi connectivity index (χ0v) is 15.0. The monoisotopic (exact) mass is 340 g/mol. The van der Waals surface area contributed by atoms with Crippen LogP contribution in [0, 0.1) is 0 Å². The second kappa shape index (κ2) is 8.72. The zero-order valence-electron chi connectivity index (χ0n) is 15.0. The second-order valence-electron chi connectivity index (χ2n) is 6.74. The number of benzene rings is 1. The molecule has 25 heavy (non-hydrogen) atoms. The fraction of sp³-hybridized carbons (Fsp3) is 0.450. The van der Waals surface area contributed by atoms with E-state index >= 15 is 0 Å². The minimum Gasteiger partial charge on any atom is -0.468 e. The second-order valence-corrected chi connectivity index (χ2v) is 6.74. The van der Waals surface area contributed by atoms with Gasteiger partial charge < -0.3 is 15.1 Å². The summed E-state index contributed by atoms with van der Waals surface area (Å²) in [5, 5.41) is 0. The number of nitrogens with zero attached hydrogens (tertiary/aromatic N) is 3. The van der Waals surface area contributed by atoms with Crippen LogP contribution in [0.4, 0.5) is 0 Å². The molecule has 0 amide bonds. The Bertz CT molecular complexity index is 675.